The molecule has 4 nitrogen and oxygen atoms in total. The SMILES string of the molecule is CC(=NNC(=O)C(O)c1ccccc1)c1ccccc1Cl. The average molecular weight is 303 g/mol. The molecule has 0 saturated heterocycles. The summed E-state index contributed by atoms with van der Waals surface area (Å²) in [5.74, 6) is -0.590. The second kappa shape index (κ2) is 7.02. The standard InChI is InChI=1S/C16H15ClN2O2/c1-11(13-9-5-6-10-14(13)17)18-19-16(21)15(20)12-7-3-2-4-8-12/h2-10,15,20H,1H3,(H,19,21). The molecule has 2 aromatic carbocycles. The van der Waals surface area contributed by atoms with E-state index < -0.39 is 12.0 Å². The molecule has 0 aromatic heterocycles. The lowest BCUT2D eigenvalue weighted by atomic mass is 10.1. The minimum atomic E-state index is -1.26. The minimum Gasteiger partial charge on any atom is -0.378 e. The van der Waals surface area contributed by atoms with Crippen LogP contribution in [0.3, 0.4) is 0 Å². The Morgan fingerprint density at radius 3 is 2.43 bits per heavy atom. The fourth-order valence-corrected chi connectivity index (χ4v) is 2.07. The summed E-state index contributed by atoms with van der Waals surface area (Å²) >= 11 is 6.05. The number of hydrogen-bond acceptors (Lipinski definition) is 3. The first kappa shape index (κ1) is 15.2. The lowest BCUT2D eigenvalue weighted by molar-refractivity contribution is -0.129. The van der Waals surface area contributed by atoms with Gasteiger partial charge in [0.2, 0.25) is 0 Å². The monoisotopic (exact) mass is 302 g/mol. The molecule has 0 spiro atoms. The van der Waals surface area contributed by atoms with Crippen LogP contribution in [0.25, 0.3) is 0 Å². The third-order valence-corrected chi connectivity index (χ3v) is 3.29. The van der Waals surface area contributed by atoms with E-state index in [4.69, 9.17) is 11.6 Å². The van der Waals surface area contributed by atoms with Gasteiger partial charge in [-0.25, -0.2) is 5.43 Å². The molecule has 2 rings (SSSR count). The second-order valence-corrected chi connectivity index (χ2v) is 4.87. The normalized spacial score (nSPS) is 12.8. The van der Waals surface area contributed by atoms with Gasteiger partial charge in [-0.2, -0.15) is 5.10 Å². The molecule has 0 heterocycles. The summed E-state index contributed by atoms with van der Waals surface area (Å²) in [6.45, 7) is 1.73. The number of benzene rings is 2. The van der Waals surface area contributed by atoms with Crippen LogP contribution in [-0.4, -0.2) is 16.7 Å². The van der Waals surface area contributed by atoms with Crippen LogP contribution in [0.5, 0.6) is 0 Å². The highest BCUT2D eigenvalue weighted by atomic mass is 35.5. The number of halogens is 1. The Bertz CT molecular complexity index is 656. The van der Waals surface area contributed by atoms with E-state index in [0.717, 1.165) is 5.56 Å². The van der Waals surface area contributed by atoms with E-state index in [1.807, 2.05) is 18.2 Å². The van der Waals surface area contributed by atoms with E-state index >= 15 is 0 Å². The molecule has 5 heteroatoms. The van der Waals surface area contributed by atoms with Gasteiger partial charge < -0.3 is 5.11 Å². The summed E-state index contributed by atoms with van der Waals surface area (Å²) < 4.78 is 0. The number of nitrogens with zero attached hydrogens (tertiary/aromatic N) is 1. The smallest absolute Gasteiger partial charge is 0.273 e. The second-order valence-electron chi connectivity index (χ2n) is 4.47. The average Bonchev–Trinajstić information content (AvgIpc) is 2.52. The summed E-state index contributed by atoms with van der Waals surface area (Å²) in [5.41, 5.74) is 4.16. The summed E-state index contributed by atoms with van der Waals surface area (Å²) in [6.07, 6.45) is -1.26. The molecule has 1 amide bonds. The van der Waals surface area contributed by atoms with Gasteiger partial charge in [0.05, 0.1) is 5.71 Å². The van der Waals surface area contributed by atoms with Crippen molar-refractivity contribution >= 4 is 23.2 Å². The van der Waals surface area contributed by atoms with Crippen LogP contribution in [0, 0.1) is 0 Å². The number of carbonyl (C=O) groups excluding carboxylic acids is 1. The number of rotatable bonds is 4. The molecule has 0 aliphatic carbocycles. The van der Waals surface area contributed by atoms with Gasteiger partial charge in [-0.3, -0.25) is 4.79 Å². The predicted octanol–water partition coefficient (Wildman–Crippen LogP) is 2.91. The Morgan fingerprint density at radius 1 is 1.14 bits per heavy atom. The van der Waals surface area contributed by atoms with Gasteiger partial charge in [-0.1, -0.05) is 60.1 Å². The Balaban J connectivity index is 2.07. The summed E-state index contributed by atoms with van der Waals surface area (Å²) in [5, 5.41) is 14.4. The van der Waals surface area contributed by atoms with Gasteiger partial charge in [-0.15, -0.1) is 0 Å². The van der Waals surface area contributed by atoms with Crippen LogP contribution >= 0.6 is 11.6 Å². The maximum absolute atomic E-state index is 11.9. The number of nitrogens with one attached hydrogen (secondary N) is 1. The van der Waals surface area contributed by atoms with E-state index in [2.05, 4.69) is 10.5 Å². The molecule has 1 unspecified atom stereocenters. The summed E-state index contributed by atoms with van der Waals surface area (Å²) in [7, 11) is 0. The fraction of sp³-hybridized carbons (Fsp3) is 0.125. The van der Waals surface area contributed by atoms with Crippen molar-refractivity contribution in [3.63, 3.8) is 0 Å². The number of amides is 1. The molecule has 0 aliphatic heterocycles. The maximum Gasteiger partial charge on any atom is 0.273 e. The molecule has 0 aliphatic rings. The van der Waals surface area contributed by atoms with E-state index in [-0.39, 0.29) is 0 Å². The highest BCUT2D eigenvalue weighted by Gasteiger charge is 2.16. The highest BCUT2D eigenvalue weighted by molar-refractivity contribution is 6.34. The van der Waals surface area contributed by atoms with Crippen molar-refractivity contribution in [3.8, 4) is 0 Å². The van der Waals surface area contributed by atoms with Gasteiger partial charge in [-0.05, 0) is 18.6 Å². The molecular formula is C16H15ClN2O2. The van der Waals surface area contributed by atoms with Gasteiger partial charge in [0.25, 0.3) is 5.91 Å². The Kier molecular flexibility index (Phi) is 5.09. The topological polar surface area (TPSA) is 61.7 Å². The lowest BCUT2D eigenvalue weighted by Gasteiger charge is -2.09. The van der Waals surface area contributed by atoms with Crippen molar-refractivity contribution in [1.29, 1.82) is 0 Å². The first-order valence-electron chi connectivity index (χ1n) is 6.41. The molecule has 1 atom stereocenters. The van der Waals surface area contributed by atoms with Gasteiger partial charge in [0, 0.05) is 10.6 Å². The summed E-state index contributed by atoms with van der Waals surface area (Å²) in [6, 6.07) is 15.9. The Morgan fingerprint density at radius 2 is 1.76 bits per heavy atom. The molecule has 0 radical (unpaired) electrons. The van der Waals surface area contributed by atoms with E-state index in [0.29, 0.717) is 16.3 Å². The van der Waals surface area contributed by atoms with E-state index in [9.17, 15) is 9.90 Å². The van der Waals surface area contributed by atoms with E-state index in [1.54, 1.807) is 43.3 Å². The molecule has 0 fully saturated rings. The van der Waals surface area contributed by atoms with Crippen molar-refractivity contribution < 1.29 is 9.90 Å². The number of carbonyl (C=O) groups is 1. The largest absolute Gasteiger partial charge is 0.378 e. The molecule has 108 valence electrons. The number of hydrogen-bond donors (Lipinski definition) is 2. The quantitative estimate of drug-likeness (QED) is 0.674. The first-order chi connectivity index (χ1) is 10.1. The minimum absolute atomic E-state index is 0.514. The zero-order valence-electron chi connectivity index (χ0n) is 11.5. The molecule has 0 bridgehead atoms. The molecular weight excluding hydrogens is 288 g/mol. The van der Waals surface area contributed by atoms with Crippen LogP contribution < -0.4 is 5.43 Å². The van der Waals surface area contributed by atoms with Crippen LogP contribution in [0.15, 0.2) is 59.7 Å². The van der Waals surface area contributed by atoms with Crippen LogP contribution in [0.2, 0.25) is 5.02 Å². The predicted molar refractivity (Wildman–Crippen MR) is 83.2 cm³/mol. The van der Waals surface area contributed by atoms with Crippen molar-refractivity contribution in [2.45, 2.75) is 13.0 Å². The van der Waals surface area contributed by atoms with Crippen LogP contribution in [0.4, 0.5) is 0 Å². The molecule has 2 N–H and O–H groups in total. The van der Waals surface area contributed by atoms with Gasteiger partial charge in [0.15, 0.2) is 6.10 Å². The van der Waals surface area contributed by atoms with Crippen molar-refractivity contribution in [3.05, 3.63) is 70.7 Å². The zero-order valence-corrected chi connectivity index (χ0v) is 12.2. The van der Waals surface area contributed by atoms with E-state index in [1.165, 1.54) is 0 Å². The fourth-order valence-electron chi connectivity index (χ4n) is 1.80. The molecule has 2 aromatic rings. The number of hydrazone groups is 1. The number of aliphatic hydroxyl groups excluding tert-OH is 1. The van der Waals surface area contributed by atoms with Gasteiger partial charge >= 0.3 is 0 Å². The van der Waals surface area contributed by atoms with Crippen molar-refractivity contribution in [1.82, 2.24) is 5.43 Å². The third-order valence-electron chi connectivity index (χ3n) is 2.96. The third kappa shape index (κ3) is 3.90. The summed E-state index contributed by atoms with van der Waals surface area (Å²) in [4.78, 5) is 11.9. The maximum atomic E-state index is 11.9. The zero-order chi connectivity index (χ0) is 15.2. The van der Waals surface area contributed by atoms with Crippen LogP contribution in [-0.2, 0) is 4.79 Å². The molecule has 21 heavy (non-hydrogen) atoms. The highest BCUT2D eigenvalue weighted by Crippen LogP contribution is 2.16. The first-order valence-corrected chi connectivity index (χ1v) is 6.79. The Labute approximate surface area is 128 Å². The van der Waals surface area contributed by atoms with Crippen molar-refractivity contribution in [2.75, 3.05) is 0 Å². The van der Waals surface area contributed by atoms with Crippen molar-refractivity contribution in [2.24, 2.45) is 5.10 Å². The molecule has 0 saturated carbocycles. The van der Waals surface area contributed by atoms with Gasteiger partial charge in [0.1, 0.15) is 0 Å². The Hall–Kier alpha value is -2.17. The lowest BCUT2D eigenvalue weighted by Crippen LogP contribution is -2.26. The number of aliphatic hydroxyl groups is 1. The van der Waals surface area contributed by atoms with Crippen LogP contribution in [0.1, 0.15) is 24.2 Å².